The summed E-state index contributed by atoms with van der Waals surface area (Å²) in [5.41, 5.74) is 4.74. The Kier molecular flexibility index (Phi) is 7.78. The molecule has 1 amide bonds. The second kappa shape index (κ2) is 11.4. The zero-order valence-electron chi connectivity index (χ0n) is 22.2. The number of amides is 1. The molecule has 3 aromatic carbocycles. The number of hydrogen-bond donors (Lipinski definition) is 1. The van der Waals surface area contributed by atoms with Crippen LogP contribution >= 0.6 is 11.3 Å². The molecule has 1 aliphatic rings. The van der Waals surface area contributed by atoms with E-state index in [9.17, 15) is 10.1 Å². The first-order valence-electron chi connectivity index (χ1n) is 13.2. The molecule has 1 aromatic heterocycles. The Morgan fingerprint density at radius 3 is 2.42 bits per heavy atom. The van der Waals surface area contributed by atoms with Crippen LogP contribution in [-0.4, -0.2) is 37.0 Å². The number of hydrogen-bond acceptors (Lipinski definition) is 5. The van der Waals surface area contributed by atoms with Gasteiger partial charge in [-0.3, -0.25) is 4.79 Å². The number of rotatable bonds is 7. The van der Waals surface area contributed by atoms with Crippen LogP contribution in [0.1, 0.15) is 52.0 Å². The highest BCUT2D eigenvalue weighted by Crippen LogP contribution is 2.35. The molecule has 0 spiro atoms. The van der Waals surface area contributed by atoms with Crippen molar-refractivity contribution in [2.24, 2.45) is 0 Å². The molecule has 0 radical (unpaired) electrons. The molecule has 1 heterocycles. The van der Waals surface area contributed by atoms with Gasteiger partial charge in [-0.2, -0.15) is 5.26 Å². The first-order valence-corrected chi connectivity index (χ1v) is 14.0. The van der Waals surface area contributed by atoms with Gasteiger partial charge in [-0.05, 0) is 92.1 Å². The van der Waals surface area contributed by atoms with E-state index in [2.05, 4.69) is 41.4 Å². The summed E-state index contributed by atoms with van der Waals surface area (Å²) in [5.74, 6) is 0.875. The summed E-state index contributed by atoms with van der Waals surface area (Å²) >= 11 is 1.59. The second-order valence-electron chi connectivity index (χ2n) is 10.00. The fraction of sp³-hybridized carbons (Fsp3) is 0.312. The van der Waals surface area contributed by atoms with Gasteiger partial charge in [0, 0.05) is 28.9 Å². The number of ether oxygens (including phenoxy) is 1. The van der Waals surface area contributed by atoms with Crippen molar-refractivity contribution in [3.8, 4) is 22.9 Å². The van der Waals surface area contributed by atoms with Crippen molar-refractivity contribution in [3.63, 3.8) is 0 Å². The molecule has 1 N–H and O–H groups in total. The first kappa shape index (κ1) is 26.0. The highest BCUT2D eigenvalue weighted by atomic mass is 32.1. The molecule has 1 aliphatic carbocycles. The zero-order valence-corrected chi connectivity index (χ0v) is 23.0. The number of nitrogens with zero attached hydrogens (tertiary/aromatic N) is 2. The van der Waals surface area contributed by atoms with E-state index in [1.54, 1.807) is 18.4 Å². The first-order chi connectivity index (χ1) is 18.5. The van der Waals surface area contributed by atoms with Crippen molar-refractivity contribution < 1.29 is 9.53 Å². The van der Waals surface area contributed by atoms with Crippen LogP contribution in [0.2, 0.25) is 0 Å². The van der Waals surface area contributed by atoms with Gasteiger partial charge in [0.1, 0.15) is 5.75 Å². The van der Waals surface area contributed by atoms with E-state index in [4.69, 9.17) is 4.74 Å². The number of fused-ring (bicyclic) bond motifs is 1. The number of aryl methyl sites for hydroxylation is 1. The SMILES string of the molecule is CNC1CCC(N(Cc2cc(-c3ccc(C#N)cc3)ccc2OC)C(=O)c2sc3ccccc3c2C)CC1. The van der Waals surface area contributed by atoms with Crippen LogP contribution in [0.5, 0.6) is 5.75 Å². The number of nitrogens with one attached hydrogen (secondary N) is 1. The molecule has 5 nitrogen and oxygen atoms in total. The molecular formula is C32H33N3O2S. The van der Waals surface area contributed by atoms with E-state index in [-0.39, 0.29) is 11.9 Å². The highest BCUT2D eigenvalue weighted by molar-refractivity contribution is 7.21. The third kappa shape index (κ3) is 5.18. The van der Waals surface area contributed by atoms with Gasteiger partial charge in [0.05, 0.1) is 23.6 Å². The minimum atomic E-state index is 0.0995. The van der Waals surface area contributed by atoms with Crippen LogP contribution in [0.25, 0.3) is 21.2 Å². The number of thiophene rings is 1. The summed E-state index contributed by atoms with van der Waals surface area (Å²) in [5, 5.41) is 13.7. The van der Waals surface area contributed by atoms with Crippen molar-refractivity contribution in [3.05, 3.63) is 88.3 Å². The van der Waals surface area contributed by atoms with Crippen LogP contribution in [-0.2, 0) is 6.54 Å². The minimum Gasteiger partial charge on any atom is -0.496 e. The lowest BCUT2D eigenvalue weighted by Gasteiger charge is -2.37. The van der Waals surface area contributed by atoms with E-state index in [0.29, 0.717) is 18.2 Å². The number of nitriles is 1. The summed E-state index contributed by atoms with van der Waals surface area (Å²) in [6.45, 7) is 2.54. The molecule has 4 aromatic rings. The molecule has 38 heavy (non-hydrogen) atoms. The normalized spacial score (nSPS) is 17.2. The van der Waals surface area contributed by atoms with Crippen molar-refractivity contribution in [1.29, 1.82) is 5.26 Å². The van der Waals surface area contributed by atoms with Crippen LogP contribution in [0.4, 0.5) is 0 Å². The van der Waals surface area contributed by atoms with Crippen molar-refractivity contribution in [1.82, 2.24) is 10.2 Å². The van der Waals surface area contributed by atoms with E-state index in [1.807, 2.05) is 55.6 Å². The summed E-state index contributed by atoms with van der Waals surface area (Å²) in [6, 6.07) is 24.8. The Hall–Kier alpha value is -3.66. The van der Waals surface area contributed by atoms with E-state index in [1.165, 1.54) is 0 Å². The molecule has 0 bridgehead atoms. The maximum Gasteiger partial charge on any atom is 0.264 e. The summed E-state index contributed by atoms with van der Waals surface area (Å²) in [7, 11) is 3.70. The Morgan fingerprint density at radius 2 is 1.76 bits per heavy atom. The van der Waals surface area contributed by atoms with Crippen LogP contribution in [0.3, 0.4) is 0 Å². The molecule has 6 heteroatoms. The lowest BCUT2D eigenvalue weighted by atomic mass is 9.89. The van der Waals surface area contributed by atoms with E-state index in [0.717, 1.165) is 68.6 Å². The molecule has 0 saturated heterocycles. The predicted molar refractivity (Wildman–Crippen MR) is 155 cm³/mol. The number of benzene rings is 3. The Balaban J connectivity index is 1.52. The highest BCUT2D eigenvalue weighted by Gasteiger charge is 2.31. The van der Waals surface area contributed by atoms with Crippen molar-refractivity contribution >= 4 is 27.3 Å². The number of carbonyl (C=O) groups excluding carboxylic acids is 1. The second-order valence-corrected chi connectivity index (χ2v) is 11.0. The van der Waals surface area contributed by atoms with Crippen molar-refractivity contribution in [2.75, 3.05) is 14.2 Å². The fourth-order valence-electron chi connectivity index (χ4n) is 5.55. The average molecular weight is 524 g/mol. The topological polar surface area (TPSA) is 65.4 Å². The lowest BCUT2D eigenvalue weighted by Crippen LogP contribution is -2.44. The van der Waals surface area contributed by atoms with Crippen LogP contribution in [0.15, 0.2) is 66.7 Å². The van der Waals surface area contributed by atoms with Crippen LogP contribution in [0, 0.1) is 18.3 Å². The third-order valence-electron chi connectivity index (χ3n) is 7.81. The van der Waals surface area contributed by atoms with Gasteiger partial charge in [0.15, 0.2) is 0 Å². The number of carbonyl (C=O) groups is 1. The lowest BCUT2D eigenvalue weighted by molar-refractivity contribution is 0.0604. The van der Waals surface area contributed by atoms with Gasteiger partial charge in [0.2, 0.25) is 0 Å². The average Bonchev–Trinajstić information content (AvgIpc) is 3.32. The van der Waals surface area contributed by atoms with Crippen LogP contribution < -0.4 is 10.1 Å². The molecule has 194 valence electrons. The predicted octanol–water partition coefficient (Wildman–Crippen LogP) is 6.93. The Morgan fingerprint density at radius 1 is 1.05 bits per heavy atom. The van der Waals surface area contributed by atoms with Gasteiger partial charge < -0.3 is 15.0 Å². The quantitative estimate of drug-likeness (QED) is 0.285. The molecule has 1 fully saturated rings. The Labute approximate surface area is 228 Å². The van der Waals surface area contributed by atoms with Crippen molar-refractivity contribution in [2.45, 2.75) is 51.2 Å². The summed E-state index contributed by atoms with van der Waals surface area (Å²) in [6.07, 6.45) is 4.05. The molecule has 0 atom stereocenters. The van der Waals surface area contributed by atoms with Gasteiger partial charge in [-0.1, -0.05) is 36.4 Å². The standard InChI is InChI=1S/C32H33N3O2S/c1-21-28-6-4-5-7-30(28)38-31(21)32(36)35(27-15-13-26(34-2)14-16-27)20-25-18-24(12-17-29(25)37-3)23-10-8-22(19-33)9-11-23/h4-12,17-18,26-27,34H,13-16,20H2,1-3H3. The smallest absolute Gasteiger partial charge is 0.264 e. The van der Waals surface area contributed by atoms with Gasteiger partial charge in [-0.25, -0.2) is 0 Å². The van der Waals surface area contributed by atoms with Gasteiger partial charge in [0.25, 0.3) is 5.91 Å². The van der Waals surface area contributed by atoms with Gasteiger partial charge >= 0.3 is 0 Å². The molecule has 0 aliphatic heterocycles. The van der Waals surface area contributed by atoms with E-state index >= 15 is 0 Å². The summed E-state index contributed by atoms with van der Waals surface area (Å²) in [4.78, 5) is 17.2. The van der Waals surface area contributed by atoms with E-state index < -0.39 is 0 Å². The molecule has 1 saturated carbocycles. The Bertz CT molecular complexity index is 1480. The molecule has 5 rings (SSSR count). The molecular weight excluding hydrogens is 490 g/mol. The maximum absolute atomic E-state index is 14.3. The maximum atomic E-state index is 14.3. The number of methoxy groups -OCH3 is 1. The monoisotopic (exact) mass is 523 g/mol. The largest absolute Gasteiger partial charge is 0.496 e. The van der Waals surface area contributed by atoms with Gasteiger partial charge in [-0.15, -0.1) is 11.3 Å². The third-order valence-corrected chi connectivity index (χ3v) is 9.07. The fourth-order valence-corrected chi connectivity index (χ4v) is 6.72. The minimum absolute atomic E-state index is 0.0995. The zero-order chi connectivity index (χ0) is 26.6. The molecule has 0 unspecified atom stereocenters. The summed E-state index contributed by atoms with van der Waals surface area (Å²) < 4.78 is 6.91.